The molecule has 0 aliphatic carbocycles. The Bertz CT molecular complexity index is 382. The summed E-state index contributed by atoms with van der Waals surface area (Å²) in [5.74, 6) is -0.285. The molecular formula is C9H10ClF3N2O. The Morgan fingerprint density at radius 1 is 1.38 bits per heavy atom. The lowest BCUT2D eigenvalue weighted by atomic mass is 10.0. The number of rotatable bonds is 2. The third-order valence-electron chi connectivity index (χ3n) is 1.97. The van der Waals surface area contributed by atoms with E-state index in [2.05, 4.69) is 9.97 Å². The van der Waals surface area contributed by atoms with Crippen molar-refractivity contribution < 1.29 is 18.3 Å². The molecule has 7 heteroatoms. The molecule has 0 saturated heterocycles. The van der Waals surface area contributed by atoms with Crippen LogP contribution >= 0.6 is 11.6 Å². The van der Waals surface area contributed by atoms with Crippen molar-refractivity contribution in [2.24, 2.45) is 0 Å². The van der Waals surface area contributed by atoms with E-state index in [1.54, 1.807) is 13.8 Å². The Morgan fingerprint density at radius 2 is 1.94 bits per heavy atom. The first-order chi connectivity index (χ1) is 7.23. The average Bonchev–Trinajstić information content (AvgIpc) is 2.15. The molecule has 0 aliphatic rings. The second-order valence-corrected chi connectivity index (χ2v) is 3.92. The molecule has 1 aromatic rings. The van der Waals surface area contributed by atoms with Gasteiger partial charge >= 0.3 is 6.18 Å². The van der Waals surface area contributed by atoms with E-state index in [9.17, 15) is 13.2 Å². The highest BCUT2D eigenvalue weighted by atomic mass is 35.5. The van der Waals surface area contributed by atoms with Crippen molar-refractivity contribution in [2.45, 2.75) is 32.0 Å². The van der Waals surface area contributed by atoms with E-state index >= 15 is 0 Å². The molecular weight excluding hydrogens is 245 g/mol. The van der Waals surface area contributed by atoms with Gasteiger partial charge in [-0.3, -0.25) is 0 Å². The van der Waals surface area contributed by atoms with E-state index < -0.39 is 12.3 Å². The second kappa shape index (κ2) is 4.55. The van der Waals surface area contributed by atoms with Crippen LogP contribution in [0.4, 0.5) is 13.2 Å². The van der Waals surface area contributed by atoms with Crippen molar-refractivity contribution in [1.82, 2.24) is 9.97 Å². The summed E-state index contributed by atoms with van der Waals surface area (Å²) in [4.78, 5) is 7.15. The molecule has 1 heterocycles. The van der Waals surface area contributed by atoms with Gasteiger partial charge in [0.15, 0.2) is 6.10 Å². The topological polar surface area (TPSA) is 46.0 Å². The zero-order valence-corrected chi connectivity index (χ0v) is 9.34. The molecule has 0 aliphatic heterocycles. The molecule has 0 fully saturated rings. The van der Waals surface area contributed by atoms with E-state index in [1.165, 1.54) is 0 Å². The fraction of sp³-hybridized carbons (Fsp3) is 0.556. The van der Waals surface area contributed by atoms with Gasteiger partial charge in [-0.25, -0.2) is 9.97 Å². The second-order valence-electron chi connectivity index (χ2n) is 3.58. The smallest absolute Gasteiger partial charge is 0.379 e. The van der Waals surface area contributed by atoms with Crippen molar-refractivity contribution in [3.05, 3.63) is 22.7 Å². The molecule has 1 aromatic heterocycles. The molecule has 0 amide bonds. The Labute approximate surface area is 95.3 Å². The standard InChI is InChI=1S/C9H10ClF3N2O/c1-4(2)6-5(3-14-8(10)15-6)7(16)9(11,12)13/h3-4,7,16H,1-2H3. The van der Waals surface area contributed by atoms with E-state index in [-0.39, 0.29) is 22.5 Å². The maximum atomic E-state index is 12.3. The lowest BCUT2D eigenvalue weighted by Crippen LogP contribution is -2.22. The number of nitrogens with zero attached hydrogens (tertiary/aromatic N) is 2. The van der Waals surface area contributed by atoms with E-state index in [1.807, 2.05) is 0 Å². The summed E-state index contributed by atoms with van der Waals surface area (Å²) in [6.45, 7) is 3.32. The number of halogens is 4. The molecule has 0 saturated carbocycles. The van der Waals surface area contributed by atoms with Crippen LogP contribution in [0.25, 0.3) is 0 Å². The molecule has 1 unspecified atom stereocenters. The number of aliphatic hydroxyl groups excluding tert-OH is 1. The number of hydrogen-bond donors (Lipinski definition) is 1. The molecule has 1 N–H and O–H groups in total. The Morgan fingerprint density at radius 3 is 2.38 bits per heavy atom. The molecule has 1 atom stereocenters. The molecule has 0 spiro atoms. The fourth-order valence-electron chi connectivity index (χ4n) is 1.23. The third-order valence-corrected chi connectivity index (χ3v) is 2.15. The van der Waals surface area contributed by atoms with Gasteiger partial charge in [-0.2, -0.15) is 13.2 Å². The first kappa shape index (κ1) is 13.2. The Kier molecular flexibility index (Phi) is 3.75. The van der Waals surface area contributed by atoms with Gasteiger partial charge in [0, 0.05) is 11.8 Å². The van der Waals surface area contributed by atoms with Crippen LogP contribution in [-0.2, 0) is 0 Å². The largest absolute Gasteiger partial charge is 0.418 e. The minimum atomic E-state index is -4.74. The molecule has 0 bridgehead atoms. The Balaban J connectivity index is 3.23. The minimum Gasteiger partial charge on any atom is -0.379 e. The van der Waals surface area contributed by atoms with Crippen molar-refractivity contribution in [3.63, 3.8) is 0 Å². The quantitative estimate of drug-likeness (QED) is 0.826. The summed E-state index contributed by atoms with van der Waals surface area (Å²) < 4.78 is 37.0. The van der Waals surface area contributed by atoms with Gasteiger partial charge in [0.1, 0.15) is 0 Å². The van der Waals surface area contributed by atoms with Crippen LogP contribution in [0.1, 0.15) is 37.1 Å². The molecule has 0 aromatic carbocycles. The first-order valence-corrected chi connectivity index (χ1v) is 4.88. The monoisotopic (exact) mass is 254 g/mol. The molecule has 3 nitrogen and oxygen atoms in total. The fourth-order valence-corrected chi connectivity index (χ4v) is 1.37. The number of alkyl halides is 3. The van der Waals surface area contributed by atoms with Gasteiger partial charge in [0.2, 0.25) is 5.28 Å². The maximum absolute atomic E-state index is 12.3. The predicted octanol–water partition coefficient (Wildman–Crippen LogP) is 2.85. The highest BCUT2D eigenvalue weighted by Crippen LogP contribution is 2.35. The zero-order valence-electron chi connectivity index (χ0n) is 8.59. The van der Waals surface area contributed by atoms with Gasteiger partial charge in [-0.05, 0) is 17.5 Å². The molecule has 90 valence electrons. The van der Waals surface area contributed by atoms with Gasteiger partial charge in [0.25, 0.3) is 0 Å². The SMILES string of the molecule is CC(C)c1nc(Cl)ncc1C(O)C(F)(F)F. The van der Waals surface area contributed by atoms with Crippen LogP contribution in [0, 0.1) is 0 Å². The summed E-state index contributed by atoms with van der Waals surface area (Å²) >= 11 is 5.49. The van der Waals surface area contributed by atoms with Crippen molar-refractivity contribution >= 4 is 11.6 Å². The maximum Gasteiger partial charge on any atom is 0.418 e. The van der Waals surface area contributed by atoms with Gasteiger partial charge < -0.3 is 5.11 Å². The van der Waals surface area contributed by atoms with Crippen LogP contribution in [0.15, 0.2) is 6.20 Å². The number of aromatic nitrogens is 2. The first-order valence-electron chi connectivity index (χ1n) is 4.50. The van der Waals surface area contributed by atoms with Crippen LogP contribution in [0.3, 0.4) is 0 Å². The summed E-state index contributed by atoms with van der Waals surface area (Å²) in [7, 11) is 0. The van der Waals surface area contributed by atoms with Crippen LogP contribution in [-0.4, -0.2) is 21.3 Å². The summed E-state index contributed by atoms with van der Waals surface area (Å²) in [6, 6.07) is 0. The van der Waals surface area contributed by atoms with Gasteiger partial charge in [-0.1, -0.05) is 13.8 Å². The normalized spacial score (nSPS) is 14.2. The molecule has 16 heavy (non-hydrogen) atoms. The minimum absolute atomic E-state index is 0.102. The van der Waals surface area contributed by atoms with Gasteiger partial charge in [0.05, 0.1) is 5.69 Å². The summed E-state index contributed by atoms with van der Waals surface area (Å²) in [5.41, 5.74) is -0.253. The summed E-state index contributed by atoms with van der Waals surface area (Å²) in [5, 5.41) is 8.99. The van der Waals surface area contributed by atoms with E-state index in [4.69, 9.17) is 16.7 Å². The Hall–Kier alpha value is -0.880. The highest BCUT2D eigenvalue weighted by molar-refractivity contribution is 6.28. The van der Waals surface area contributed by atoms with Crippen molar-refractivity contribution in [3.8, 4) is 0 Å². The van der Waals surface area contributed by atoms with Crippen LogP contribution in [0.2, 0.25) is 5.28 Å². The van der Waals surface area contributed by atoms with Crippen molar-refractivity contribution in [1.29, 1.82) is 0 Å². The number of aliphatic hydroxyl groups is 1. The lowest BCUT2D eigenvalue weighted by molar-refractivity contribution is -0.207. The summed E-state index contributed by atoms with van der Waals surface area (Å²) in [6.07, 6.45) is -6.41. The van der Waals surface area contributed by atoms with Crippen molar-refractivity contribution in [2.75, 3.05) is 0 Å². The number of hydrogen-bond acceptors (Lipinski definition) is 3. The van der Waals surface area contributed by atoms with Crippen LogP contribution < -0.4 is 0 Å². The predicted molar refractivity (Wildman–Crippen MR) is 52.1 cm³/mol. The zero-order chi connectivity index (χ0) is 12.5. The molecule has 1 rings (SSSR count). The lowest BCUT2D eigenvalue weighted by Gasteiger charge is -2.18. The van der Waals surface area contributed by atoms with E-state index in [0.717, 1.165) is 6.20 Å². The van der Waals surface area contributed by atoms with Crippen LogP contribution in [0.5, 0.6) is 0 Å². The average molecular weight is 255 g/mol. The van der Waals surface area contributed by atoms with E-state index in [0.29, 0.717) is 0 Å². The van der Waals surface area contributed by atoms with Gasteiger partial charge in [-0.15, -0.1) is 0 Å². The third kappa shape index (κ3) is 2.82. The molecule has 0 radical (unpaired) electrons. The highest BCUT2D eigenvalue weighted by Gasteiger charge is 2.41.